The first-order valence-corrected chi connectivity index (χ1v) is 10.1. The van der Waals surface area contributed by atoms with Crippen molar-refractivity contribution in [3.8, 4) is 6.07 Å². The van der Waals surface area contributed by atoms with Crippen molar-refractivity contribution >= 4 is 5.78 Å². The number of rotatable bonds is 1. The van der Waals surface area contributed by atoms with Crippen LogP contribution >= 0.6 is 0 Å². The summed E-state index contributed by atoms with van der Waals surface area (Å²) in [6.07, 6.45) is 9.05. The lowest BCUT2D eigenvalue weighted by molar-refractivity contribution is -0.123. The van der Waals surface area contributed by atoms with Gasteiger partial charge in [-0.15, -0.1) is 0 Å². The Morgan fingerprint density at radius 3 is 2.72 bits per heavy atom. The summed E-state index contributed by atoms with van der Waals surface area (Å²) in [7, 11) is 0. The summed E-state index contributed by atoms with van der Waals surface area (Å²) >= 11 is 0. The van der Waals surface area contributed by atoms with Crippen LogP contribution < -0.4 is 0 Å². The number of aliphatic hydroxyl groups is 1. The third kappa shape index (κ3) is 2.29. The van der Waals surface area contributed by atoms with Gasteiger partial charge in [0.05, 0.1) is 18.1 Å². The highest BCUT2D eigenvalue weighted by atomic mass is 16.3. The van der Waals surface area contributed by atoms with E-state index in [9.17, 15) is 15.2 Å². The SMILES string of the molecule is CC(C#N)C1C(=O)C[C@H]2C3CC=C4CC(O)CCC4(C)[C@H]3CCC12C. The smallest absolute Gasteiger partial charge is 0.138 e. The number of fused-ring (bicyclic) bond motifs is 5. The van der Waals surface area contributed by atoms with E-state index >= 15 is 0 Å². The highest BCUT2D eigenvalue weighted by Gasteiger charge is 2.61. The number of ketones is 1. The third-order valence-corrected chi connectivity index (χ3v) is 8.70. The van der Waals surface area contributed by atoms with Crippen molar-refractivity contribution < 1.29 is 9.90 Å². The Bertz CT molecular complexity index is 661. The van der Waals surface area contributed by atoms with Crippen molar-refractivity contribution in [3.05, 3.63) is 11.6 Å². The van der Waals surface area contributed by atoms with E-state index in [4.69, 9.17) is 0 Å². The molecule has 0 bridgehead atoms. The first kappa shape index (κ1) is 17.3. The Kier molecular flexibility index (Phi) is 3.93. The lowest BCUT2D eigenvalue weighted by atomic mass is 9.47. The fourth-order valence-electron chi connectivity index (χ4n) is 7.40. The first-order valence-electron chi connectivity index (χ1n) is 10.1. The Hall–Kier alpha value is -1.14. The van der Waals surface area contributed by atoms with Gasteiger partial charge >= 0.3 is 0 Å². The normalized spacial score (nSPS) is 50.1. The maximum absolute atomic E-state index is 12.8. The van der Waals surface area contributed by atoms with Crippen molar-refractivity contribution in [3.63, 3.8) is 0 Å². The van der Waals surface area contributed by atoms with Gasteiger partial charge in [0.15, 0.2) is 0 Å². The van der Waals surface area contributed by atoms with Crippen molar-refractivity contribution in [1.82, 2.24) is 0 Å². The third-order valence-electron chi connectivity index (χ3n) is 8.70. The minimum absolute atomic E-state index is 0.00325. The molecule has 0 amide bonds. The zero-order valence-electron chi connectivity index (χ0n) is 15.8. The molecule has 0 spiro atoms. The van der Waals surface area contributed by atoms with E-state index in [-0.39, 0.29) is 28.8 Å². The van der Waals surface area contributed by atoms with Crippen molar-refractivity contribution in [2.24, 2.45) is 40.4 Å². The topological polar surface area (TPSA) is 61.1 Å². The van der Waals surface area contributed by atoms with E-state index < -0.39 is 0 Å². The molecule has 3 fully saturated rings. The van der Waals surface area contributed by atoms with E-state index in [0.29, 0.717) is 30.0 Å². The van der Waals surface area contributed by atoms with Crippen LogP contribution in [0.3, 0.4) is 0 Å². The molecule has 6 unspecified atom stereocenters. The van der Waals surface area contributed by atoms with Gasteiger partial charge in [-0.2, -0.15) is 5.26 Å². The van der Waals surface area contributed by atoms with Gasteiger partial charge in [-0.25, -0.2) is 0 Å². The largest absolute Gasteiger partial charge is 0.393 e. The van der Waals surface area contributed by atoms with Crippen LogP contribution in [0.2, 0.25) is 0 Å². The van der Waals surface area contributed by atoms with Crippen LogP contribution in [0.25, 0.3) is 0 Å². The second-order valence-electron chi connectivity index (χ2n) is 9.77. The second kappa shape index (κ2) is 5.68. The van der Waals surface area contributed by atoms with E-state index in [1.165, 1.54) is 12.0 Å². The zero-order chi connectivity index (χ0) is 18.0. The summed E-state index contributed by atoms with van der Waals surface area (Å²) in [6, 6.07) is 2.36. The number of aliphatic hydroxyl groups excluding tert-OH is 1. The van der Waals surface area contributed by atoms with Gasteiger partial charge in [-0.3, -0.25) is 4.79 Å². The van der Waals surface area contributed by atoms with Crippen LogP contribution in [-0.4, -0.2) is 17.0 Å². The number of nitrogens with zero attached hydrogens (tertiary/aromatic N) is 1. The van der Waals surface area contributed by atoms with Gasteiger partial charge < -0.3 is 5.11 Å². The molecule has 4 aliphatic rings. The number of carbonyl (C=O) groups is 1. The summed E-state index contributed by atoms with van der Waals surface area (Å²) in [4.78, 5) is 12.8. The first-order chi connectivity index (χ1) is 11.8. The fraction of sp³-hybridized carbons (Fsp3) is 0.818. The summed E-state index contributed by atoms with van der Waals surface area (Å²) < 4.78 is 0. The minimum atomic E-state index is -0.172. The molecule has 0 aromatic heterocycles. The number of hydrogen-bond acceptors (Lipinski definition) is 3. The molecule has 3 nitrogen and oxygen atoms in total. The molecule has 0 aromatic rings. The molecule has 25 heavy (non-hydrogen) atoms. The van der Waals surface area contributed by atoms with Crippen molar-refractivity contribution in [2.75, 3.05) is 0 Å². The van der Waals surface area contributed by atoms with E-state index in [2.05, 4.69) is 26.0 Å². The van der Waals surface area contributed by atoms with Crippen LogP contribution in [0.15, 0.2) is 11.6 Å². The van der Waals surface area contributed by atoms with Gasteiger partial charge in [0.2, 0.25) is 0 Å². The number of carbonyl (C=O) groups excluding carboxylic acids is 1. The highest BCUT2D eigenvalue weighted by Crippen LogP contribution is 2.66. The average molecular weight is 341 g/mol. The molecule has 3 heteroatoms. The minimum Gasteiger partial charge on any atom is -0.393 e. The summed E-state index contributed by atoms with van der Waals surface area (Å²) in [5.41, 5.74) is 1.69. The Balaban J connectivity index is 1.68. The van der Waals surface area contributed by atoms with Gasteiger partial charge in [-0.05, 0) is 74.0 Å². The summed E-state index contributed by atoms with van der Waals surface area (Å²) in [5.74, 6) is 1.73. The summed E-state index contributed by atoms with van der Waals surface area (Å²) in [5, 5.41) is 19.5. The molecule has 8 atom stereocenters. The zero-order valence-corrected chi connectivity index (χ0v) is 15.8. The molecule has 0 aromatic carbocycles. The molecule has 4 aliphatic carbocycles. The second-order valence-corrected chi connectivity index (χ2v) is 9.77. The molecule has 4 rings (SSSR count). The van der Waals surface area contributed by atoms with Crippen LogP contribution in [0.5, 0.6) is 0 Å². The molecule has 0 saturated heterocycles. The van der Waals surface area contributed by atoms with Crippen LogP contribution in [-0.2, 0) is 4.79 Å². The molecule has 0 radical (unpaired) electrons. The Morgan fingerprint density at radius 1 is 1.24 bits per heavy atom. The molecule has 0 aliphatic heterocycles. The molecule has 136 valence electrons. The van der Waals surface area contributed by atoms with Crippen LogP contribution in [0, 0.1) is 51.8 Å². The average Bonchev–Trinajstić information content (AvgIpc) is 2.85. The van der Waals surface area contributed by atoms with Gasteiger partial charge in [-0.1, -0.05) is 25.5 Å². The Labute approximate surface area is 151 Å². The van der Waals surface area contributed by atoms with Crippen LogP contribution in [0.1, 0.15) is 65.7 Å². The Morgan fingerprint density at radius 2 is 2.00 bits per heavy atom. The molecular weight excluding hydrogens is 310 g/mol. The molecule has 0 heterocycles. The predicted molar refractivity (Wildman–Crippen MR) is 96.4 cm³/mol. The number of Topliss-reactive ketones (excluding diaryl/α,β-unsaturated/α-hetero) is 1. The summed E-state index contributed by atoms with van der Waals surface area (Å²) in [6.45, 7) is 6.64. The standard InChI is InChI=1S/C22H31NO2/c1-13(12-23)20-19(25)11-18-16-5-4-14-10-15(24)6-8-21(14,2)17(16)7-9-22(18,20)3/h4,13,15-18,20,24H,5-11H2,1-3H3/t13?,15?,16?,17-,18-,20?,21?,22?/m0/s1. The van der Waals surface area contributed by atoms with E-state index in [1.807, 2.05) is 6.92 Å². The predicted octanol–water partition coefficient (Wildman–Crippen LogP) is 4.26. The molecular formula is C22H31NO2. The fourth-order valence-corrected chi connectivity index (χ4v) is 7.40. The van der Waals surface area contributed by atoms with Crippen LogP contribution in [0.4, 0.5) is 0 Å². The quantitative estimate of drug-likeness (QED) is 0.725. The van der Waals surface area contributed by atoms with Gasteiger partial charge in [0.25, 0.3) is 0 Å². The lowest BCUT2D eigenvalue weighted by Crippen LogP contribution is -2.50. The number of hydrogen-bond donors (Lipinski definition) is 1. The highest BCUT2D eigenvalue weighted by molar-refractivity contribution is 5.85. The number of nitriles is 1. The lowest BCUT2D eigenvalue weighted by Gasteiger charge is -2.57. The molecule has 1 N–H and O–H groups in total. The number of allylic oxidation sites excluding steroid dienone is 1. The van der Waals surface area contributed by atoms with E-state index in [1.54, 1.807) is 0 Å². The monoisotopic (exact) mass is 341 g/mol. The van der Waals surface area contributed by atoms with Crippen molar-refractivity contribution in [2.45, 2.75) is 71.8 Å². The van der Waals surface area contributed by atoms with E-state index in [0.717, 1.165) is 32.1 Å². The molecule has 3 saturated carbocycles. The van der Waals surface area contributed by atoms with Gasteiger partial charge in [0.1, 0.15) is 5.78 Å². The van der Waals surface area contributed by atoms with Gasteiger partial charge in [0, 0.05) is 12.3 Å². The van der Waals surface area contributed by atoms with Crippen molar-refractivity contribution in [1.29, 1.82) is 5.26 Å². The maximum Gasteiger partial charge on any atom is 0.138 e. The maximum atomic E-state index is 12.8.